The standard InChI is InChI=1S/C10H14N6O2/c17-9-8-1-2-12-16(8)10(15-14-9)13-7-5-11-3-4-18-6-7/h1-2,7,11H,3-6H2,(H,13,15)(H,14,17). The Hall–Kier alpha value is -1.93. The van der Waals surface area contributed by atoms with Crippen LogP contribution >= 0.6 is 0 Å². The lowest BCUT2D eigenvalue weighted by atomic mass is 10.3. The minimum atomic E-state index is -0.256. The van der Waals surface area contributed by atoms with Gasteiger partial charge in [0.25, 0.3) is 5.56 Å². The molecule has 2 aromatic rings. The van der Waals surface area contributed by atoms with Gasteiger partial charge in [0, 0.05) is 13.1 Å². The summed E-state index contributed by atoms with van der Waals surface area (Å²) >= 11 is 0. The molecule has 1 atom stereocenters. The van der Waals surface area contributed by atoms with E-state index in [1.165, 1.54) is 4.52 Å². The third-order valence-electron chi connectivity index (χ3n) is 2.81. The van der Waals surface area contributed by atoms with Crippen molar-refractivity contribution in [3.63, 3.8) is 0 Å². The zero-order valence-corrected chi connectivity index (χ0v) is 9.72. The number of aromatic amines is 1. The highest BCUT2D eigenvalue weighted by molar-refractivity contribution is 5.47. The number of anilines is 1. The van der Waals surface area contributed by atoms with Crippen molar-refractivity contribution < 1.29 is 4.74 Å². The van der Waals surface area contributed by atoms with Crippen LogP contribution < -0.4 is 16.2 Å². The van der Waals surface area contributed by atoms with Gasteiger partial charge in [0.1, 0.15) is 5.52 Å². The van der Waals surface area contributed by atoms with Crippen molar-refractivity contribution in [3.05, 3.63) is 22.6 Å². The molecule has 1 saturated heterocycles. The first kappa shape index (κ1) is 11.2. The Bertz CT molecular complexity index is 583. The first-order valence-electron chi connectivity index (χ1n) is 5.82. The van der Waals surface area contributed by atoms with Crippen LogP contribution in [0.1, 0.15) is 0 Å². The Balaban J connectivity index is 1.87. The number of nitrogens with one attached hydrogen (secondary N) is 3. The second-order valence-corrected chi connectivity index (χ2v) is 4.12. The van der Waals surface area contributed by atoms with E-state index in [1.807, 2.05) is 0 Å². The lowest BCUT2D eigenvalue weighted by Crippen LogP contribution is -2.35. The SMILES string of the molecule is O=c1[nH]nc(NC2CNCCOC2)n2nccc12. The molecule has 1 fully saturated rings. The van der Waals surface area contributed by atoms with Gasteiger partial charge in [0.05, 0.1) is 25.5 Å². The van der Waals surface area contributed by atoms with Gasteiger partial charge in [-0.05, 0) is 6.07 Å². The Kier molecular flexibility index (Phi) is 2.95. The second kappa shape index (κ2) is 4.75. The Morgan fingerprint density at radius 2 is 2.50 bits per heavy atom. The van der Waals surface area contributed by atoms with Crippen molar-refractivity contribution in [3.8, 4) is 0 Å². The zero-order valence-electron chi connectivity index (χ0n) is 9.72. The summed E-state index contributed by atoms with van der Waals surface area (Å²) < 4.78 is 6.93. The number of rotatable bonds is 2. The molecule has 3 rings (SSSR count). The Morgan fingerprint density at radius 3 is 3.44 bits per heavy atom. The molecule has 8 nitrogen and oxygen atoms in total. The quantitative estimate of drug-likeness (QED) is 0.620. The molecule has 2 aromatic heterocycles. The maximum absolute atomic E-state index is 11.5. The second-order valence-electron chi connectivity index (χ2n) is 4.12. The normalized spacial score (nSPS) is 20.8. The Labute approximate surface area is 102 Å². The lowest BCUT2D eigenvalue weighted by molar-refractivity contribution is 0.145. The molecule has 3 N–H and O–H groups in total. The number of H-pyrrole nitrogens is 1. The molecule has 0 saturated carbocycles. The van der Waals surface area contributed by atoms with Crippen molar-refractivity contribution in [1.29, 1.82) is 0 Å². The maximum atomic E-state index is 11.5. The van der Waals surface area contributed by atoms with E-state index in [9.17, 15) is 4.79 Å². The lowest BCUT2D eigenvalue weighted by Gasteiger charge is -2.16. The average Bonchev–Trinajstić information content (AvgIpc) is 2.74. The van der Waals surface area contributed by atoms with Gasteiger partial charge in [-0.3, -0.25) is 4.79 Å². The molecule has 3 heterocycles. The summed E-state index contributed by atoms with van der Waals surface area (Å²) in [5.41, 5.74) is 0.211. The van der Waals surface area contributed by atoms with Gasteiger partial charge >= 0.3 is 0 Å². The van der Waals surface area contributed by atoms with Crippen LogP contribution in [0.15, 0.2) is 17.1 Å². The number of hydrogen-bond acceptors (Lipinski definition) is 6. The number of aromatic nitrogens is 4. The predicted octanol–water partition coefficient (Wildman–Crippen LogP) is -1.18. The first-order valence-corrected chi connectivity index (χ1v) is 5.82. The van der Waals surface area contributed by atoms with Crippen molar-refractivity contribution in [2.45, 2.75) is 6.04 Å². The van der Waals surface area contributed by atoms with E-state index in [1.54, 1.807) is 12.3 Å². The molecule has 96 valence electrons. The molecular weight excluding hydrogens is 236 g/mol. The summed E-state index contributed by atoms with van der Waals surface area (Å²) in [4.78, 5) is 11.5. The fourth-order valence-corrected chi connectivity index (χ4v) is 1.93. The van der Waals surface area contributed by atoms with Gasteiger partial charge < -0.3 is 15.4 Å². The van der Waals surface area contributed by atoms with Gasteiger partial charge in [-0.15, -0.1) is 5.10 Å². The summed E-state index contributed by atoms with van der Waals surface area (Å²) in [6.45, 7) is 2.92. The average molecular weight is 250 g/mol. The number of hydrogen-bond donors (Lipinski definition) is 3. The summed E-state index contributed by atoms with van der Waals surface area (Å²) in [6, 6.07) is 1.74. The molecule has 0 aliphatic carbocycles. The minimum absolute atomic E-state index is 0.0957. The first-order chi connectivity index (χ1) is 8.84. The molecule has 1 aliphatic heterocycles. The zero-order chi connectivity index (χ0) is 12.4. The fraction of sp³-hybridized carbons (Fsp3) is 0.500. The van der Waals surface area contributed by atoms with Crippen molar-refractivity contribution in [2.75, 3.05) is 31.6 Å². The molecule has 0 aromatic carbocycles. The van der Waals surface area contributed by atoms with Crippen LogP contribution in [-0.2, 0) is 4.74 Å². The van der Waals surface area contributed by atoms with Crippen molar-refractivity contribution in [2.24, 2.45) is 0 Å². The van der Waals surface area contributed by atoms with Crippen LogP contribution in [0.5, 0.6) is 0 Å². The van der Waals surface area contributed by atoms with Crippen LogP contribution in [-0.4, -0.2) is 52.2 Å². The summed E-state index contributed by atoms with van der Waals surface area (Å²) in [6.07, 6.45) is 1.57. The molecule has 18 heavy (non-hydrogen) atoms. The van der Waals surface area contributed by atoms with E-state index in [4.69, 9.17) is 4.74 Å². The molecule has 8 heteroatoms. The van der Waals surface area contributed by atoms with Crippen LogP contribution in [0.2, 0.25) is 0 Å². The van der Waals surface area contributed by atoms with Crippen LogP contribution in [0.25, 0.3) is 5.52 Å². The maximum Gasteiger partial charge on any atom is 0.290 e. The molecule has 0 spiro atoms. The fourth-order valence-electron chi connectivity index (χ4n) is 1.93. The predicted molar refractivity (Wildman–Crippen MR) is 64.7 cm³/mol. The number of ether oxygens (including phenoxy) is 1. The minimum Gasteiger partial charge on any atom is -0.378 e. The van der Waals surface area contributed by atoms with Crippen LogP contribution in [0.3, 0.4) is 0 Å². The molecule has 0 radical (unpaired) electrons. The largest absolute Gasteiger partial charge is 0.378 e. The van der Waals surface area contributed by atoms with Gasteiger partial charge in [-0.25, -0.2) is 5.10 Å². The van der Waals surface area contributed by atoms with E-state index in [0.29, 0.717) is 24.7 Å². The monoisotopic (exact) mass is 250 g/mol. The van der Waals surface area contributed by atoms with Crippen LogP contribution in [0, 0.1) is 0 Å². The highest BCUT2D eigenvalue weighted by Crippen LogP contribution is 2.05. The van der Waals surface area contributed by atoms with Crippen molar-refractivity contribution in [1.82, 2.24) is 25.1 Å². The van der Waals surface area contributed by atoms with Gasteiger partial charge in [-0.2, -0.15) is 9.61 Å². The topological polar surface area (TPSA) is 96.3 Å². The third kappa shape index (κ3) is 2.07. The summed E-state index contributed by atoms with van der Waals surface area (Å²) in [7, 11) is 0. The number of nitrogens with zero attached hydrogens (tertiary/aromatic N) is 3. The molecular formula is C10H14N6O2. The molecule has 1 aliphatic rings. The third-order valence-corrected chi connectivity index (χ3v) is 2.81. The van der Waals surface area contributed by atoms with Crippen molar-refractivity contribution >= 4 is 11.5 Å². The van der Waals surface area contributed by atoms with Crippen LogP contribution in [0.4, 0.5) is 5.95 Å². The Morgan fingerprint density at radius 1 is 1.56 bits per heavy atom. The van der Waals surface area contributed by atoms with E-state index >= 15 is 0 Å². The summed E-state index contributed by atoms with van der Waals surface area (Å²) in [5.74, 6) is 0.506. The molecule has 1 unspecified atom stereocenters. The van der Waals surface area contributed by atoms with E-state index < -0.39 is 0 Å². The molecule has 0 bridgehead atoms. The summed E-state index contributed by atoms with van der Waals surface area (Å²) in [5, 5.41) is 17.0. The van der Waals surface area contributed by atoms with Gasteiger partial charge in [-0.1, -0.05) is 0 Å². The molecule has 0 amide bonds. The van der Waals surface area contributed by atoms with E-state index in [2.05, 4.69) is 25.9 Å². The van der Waals surface area contributed by atoms with Gasteiger partial charge in [0.15, 0.2) is 0 Å². The smallest absolute Gasteiger partial charge is 0.290 e. The van der Waals surface area contributed by atoms with E-state index in [0.717, 1.165) is 13.1 Å². The van der Waals surface area contributed by atoms with E-state index in [-0.39, 0.29) is 11.6 Å². The van der Waals surface area contributed by atoms with Gasteiger partial charge in [0.2, 0.25) is 5.95 Å². The highest BCUT2D eigenvalue weighted by atomic mass is 16.5. The highest BCUT2D eigenvalue weighted by Gasteiger charge is 2.15. The number of fused-ring (bicyclic) bond motifs is 1.